The lowest BCUT2D eigenvalue weighted by atomic mass is 10.2. The van der Waals surface area contributed by atoms with Gasteiger partial charge in [0, 0.05) is 31.3 Å². The Hall–Kier alpha value is -1.46. The quantitative estimate of drug-likeness (QED) is 0.589. The van der Waals surface area contributed by atoms with Crippen LogP contribution < -0.4 is 10.6 Å². The van der Waals surface area contributed by atoms with Gasteiger partial charge in [-0.25, -0.2) is 0 Å². The predicted molar refractivity (Wildman–Crippen MR) is 61.2 cm³/mol. The van der Waals surface area contributed by atoms with Gasteiger partial charge in [0.2, 0.25) is 0 Å². The number of nitrogens with one attached hydrogen (secondary N) is 2. The second-order valence-electron chi connectivity index (χ2n) is 4.00. The molecule has 1 aliphatic heterocycles. The van der Waals surface area contributed by atoms with Crippen LogP contribution in [0.5, 0.6) is 0 Å². The largest absolute Gasteiger partial charge is 0.315 e. The molecular weight excluding hydrogens is 206 g/mol. The lowest BCUT2D eigenvalue weighted by Gasteiger charge is -2.10. The van der Waals surface area contributed by atoms with Gasteiger partial charge in [-0.05, 0) is 18.5 Å². The van der Waals surface area contributed by atoms with E-state index in [0.717, 1.165) is 25.1 Å². The maximum absolute atomic E-state index is 10.6. The van der Waals surface area contributed by atoms with Crippen molar-refractivity contribution in [3.63, 3.8) is 0 Å². The van der Waals surface area contributed by atoms with Crippen molar-refractivity contribution >= 4 is 5.69 Å². The van der Waals surface area contributed by atoms with Gasteiger partial charge in [0.1, 0.15) is 0 Å². The molecule has 16 heavy (non-hydrogen) atoms. The van der Waals surface area contributed by atoms with Crippen LogP contribution in [0.2, 0.25) is 0 Å². The van der Waals surface area contributed by atoms with Crippen molar-refractivity contribution in [1.82, 2.24) is 10.6 Å². The average Bonchev–Trinajstić information content (AvgIpc) is 2.79. The Kier molecular flexibility index (Phi) is 3.48. The molecule has 5 nitrogen and oxygen atoms in total. The smallest absolute Gasteiger partial charge is 0.269 e. The van der Waals surface area contributed by atoms with Gasteiger partial charge in [0.05, 0.1) is 4.92 Å². The Morgan fingerprint density at radius 3 is 3.12 bits per heavy atom. The third-order valence-electron chi connectivity index (χ3n) is 2.78. The summed E-state index contributed by atoms with van der Waals surface area (Å²) < 4.78 is 0. The molecule has 1 unspecified atom stereocenters. The predicted octanol–water partition coefficient (Wildman–Crippen LogP) is 1.05. The van der Waals surface area contributed by atoms with E-state index in [1.807, 2.05) is 6.07 Å². The Labute approximate surface area is 94.0 Å². The minimum Gasteiger partial charge on any atom is -0.315 e. The van der Waals surface area contributed by atoms with E-state index in [4.69, 9.17) is 0 Å². The van der Waals surface area contributed by atoms with Crippen LogP contribution in [0.1, 0.15) is 12.0 Å². The van der Waals surface area contributed by atoms with Crippen molar-refractivity contribution in [1.29, 1.82) is 0 Å². The lowest BCUT2D eigenvalue weighted by Crippen LogP contribution is -2.30. The number of nitro benzene ring substituents is 1. The van der Waals surface area contributed by atoms with Crippen LogP contribution in [-0.4, -0.2) is 24.1 Å². The van der Waals surface area contributed by atoms with Gasteiger partial charge in [-0.3, -0.25) is 10.1 Å². The molecule has 0 spiro atoms. The summed E-state index contributed by atoms with van der Waals surface area (Å²) in [6.07, 6.45) is 1.12. The van der Waals surface area contributed by atoms with Gasteiger partial charge < -0.3 is 10.6 Å². The third kappa shape index (κ3) is 2.77. The maximum Gasteiger partial charge on any atom is 0.269 e. The van der Waals surface area contributed by atoms with Gasteiger partial charge in [0.25, 0.3) is 5.69 Å². The van der Waals surface area contributed by atoms with Crippen LogP contribution in [0.3, 0.4) is 0 Å². The van der Waals surface area contributed by atoms with Crippen molar-refractivity contribution in [2.75, 3.05) is 13.1 Å². The minimum atomic E-state index is -0.360. The molecule has 0 aliphatic carbocycles. The zero-order valence-corrected chi connectivity index (χ0v) is 8.98. The van der Waals surface area contributed by atoms with Crippen molar-refractivity contribution < 1.29 is 4.92 Å². The van der Waals surface area contributed by atoms with Gasteiger partial charge in [-0.2, -0.15) is 0 Å². The standard InChI is InChI=1S/C11H15N3O2/c15-14(16)11-3-1-2-9(6-11)7-13-10-4-5-12-8-10/h1-3,6,10,12-13H,4-5,7-8H2. The van der Waals surface area contributed by atoms with Crippen molar-refractivity contribution in [2.45, 2.75) is 19.0 Å². The van der Waals surface area contributed by atoms with E-state index in [2.05, 4.69) is 10.6 Å². The molecule has 1 fully saturated rings. The number of rotatable bonds is 4. The topological polar surface area (TPSA) is 67.2 Å². The van der Waals surface area contributed by atoms with Gasteiger partial charge in [0.15, 0.2) is 0 Å². The van der Waals surface area contributed by atoms with Crippen LogP contribution in [0.25, 0.3) is 0 Å². The Balaban J connectivity index is 1.93. The zero-order chi connectivity index (χ0) is 11.4. The number of non-ortho nitro benzene ring substituents is 1. The number of benzene rings is 1. The van der Waals surface area contributed by atoms with Crippen molar-refractivity contribution in [3.8, 4) is 0 Å². The summed E-state index contributed by atoms with van der Waals surface area (Å²) in [7, 11) is 0. The van der Waals surface area contributed by atoms with Crippen LogP contribution in [-0.2, 0) is 6.54 Å². The minimum absolute atomic E-state index is 0.156. The van der Waals surface area contributed by atoms with E-state index in [9.17, 15) is 10.1 Å². The maximum atomic E-state index is 10.6. The fraction of sp³-hybridized carbons (Fsp3) is 0.455. The molecule has 0 bridgehead atoms. The fourth-order valence-corrected chi connectivity index (χ4v) is 1.87. The summed E-state index contributed by atoms with van der Waals surface area (Å²) in [5, 5.41) is 17.2. The molecule has 2 N–H and O–H groups in total. The van der Waals surface area contributed by atoms with Gasteiger partial charge in [-0.1, -0.05) is 12.1 Å². The highest BCUT2D eigenvalue weighted by atomic mass is 16.6. The first-order valence-electron chi connectivity index (χ1n) is 5.43. The normalized spacial score (nSPS) is 19.9. The summed E-state index contributed by atoms with van der Waals surface area (Å²) in [6.45, 7) is 2.72. The Morgan fingerprint density at radius 1 is 1.56 bits per heavy atom. The summed E-state index contributed by atoms with van der Waals surface area (Å²) >= 11 is 0. The van der Waals surface area contributed by atoms with Gasteiger partial charge >= 0.3 is 0 Å². The van der Waals surface area contributed by atoms with E-state index in [-0.39, 0.29) is 10.6 Å². The Morgan fingerprint density at radius 2 is 2.44 bits per heavy atom. The third-order valence-corrected chi connectivity index (χ3v) is 2.78. The monoisotopic (exact) mass is 221 g/mol. The first-order valence-corrected chi connectivity index (χ1v) is 5.43. The molecule has 1 saturated heterocycles. The van der Waals surface area contributed by atoms with E-state index < -0.39 is 0 Å². The molecule has 1 heterocycles. The molecule has 0 amide bonds. The van der Waals surface area contributed by atoms with Gasteiger partial charge in [-0.15, -0.1) is 0 Å². The molecule has 1 aliphatic rings. The van der Waals surface area contributed by atoms with E-state index in [0.29, 0.717) is 12.6 Å². The highest BCUT2D eigenvalue weighted by molar-refractivity contribution is 5.34. The molecule has 86 valence electrons. The van der Waals surface area contributed by atoms with E-state index in [1.165, 1.54) is 6.07 Å². The summed E-state index contributed by atoms with van der Waals surface area (Å²) in [5.74, 6) is 0. The second-order valence-corrected chi connectivity index (χ2v) is 4.00. The van der Waals surface area contributed by atoms with Crippen molar-refractivity contribution in [2.24, 2.45) is 0 Å². The molecule has 0 aromatic heterocycles. The molecule has 1 aromatic carbocycles. The fourth-order valence-electron chi connectivity index (χ4n) is 1.87. The summed E-state index contributed by atoms with van der Waals surface area (Å²) in [5.41, 5.74) is 1.12. The molecular formula is C11H15N3O2. The number of hydrogen-bond donors (Lipinski definition) is 2. The molecule has 0 saturated carbocycles. The second kappa shape index (κ2) is 5.05. The first-order chi connectivity index (χ1) is 7.75. The van der Waals surface area contributed by atoms with Crippen molar-refractivity contribution in [3.05, 3.63) is 39.9 Å². The number of nitro groups is 1. The number of hydrogen-bond acceptors (Lipinski definition) is 4. The van der Waals surface area contributed by atoms with E-state index in [1.54, 1.807) is 12.1 Å². The first kappa shape index (κ1) is 11.0. The molecule has 0 radical (unpaired) electrons. The zero-order valence-electron chi connectivity index (χ0n) is 8.98. The number of nitrogens with zero attached hydrogens (tertiary/aromatic N) is 1. The van der Waals surface area contributed by atoms with Crippen LogP contribution in [0.4, 0.5) is 5.69 Å². The summed E-state index contributed by atoms with van der Waals surface area (Å²) in [6, 6.07) is 7.25. The SMILES string of the molecule is O=[N+]([O-])c1cccc(CNC2CCNC2)c1. The van der Waals surface area contributed by atoms with E-state index >= 15 is 0 Å². The molecule has 5 heteroatoms. The molecule has 1 aromatic rings. The van der Waals surface area contributed by atoms with Crippen LogP contribution in [0, 0.1) is 10.1 Å². The summed E-state index contributed by atoms with van der Waals surface area (Å²) in [4.78, 5) is 10.2. The average molecular weight is 221 g/mol. The Bertz CT molecular complexity index is 375. The molecule has 1 atom stereocenters. The lowest BCUT2D eigenvalue weighted by molar-refractivity contribution is -0.384. The molecule has 2 rings (SSSR count). The van der Waals surface area contributed by atoms with Crippen LogP contribution in [0.15, 0.2) is 24.3 Å². The highest BCUT2D eigenvalue weighted by Crippen LogP contribution is 2.13. The highest BCUT2D eigenvalue weighted by Gasteiger charge is 2.13. The van der Waals surface area contributed by atoms with Crippen LogP contribution >= 0.6 is 0 Å².